The lowest BCUT2D eigenvalue weighted by molar-refractivity contribution is -0.211. The van der Waals surface area contributed by atoms with Crippen LogP contribution in [-0.2, 0) is 46.3 Å². The van der Waals surface area contributed by atoms with E-state index in [1.165, 1.54) is 38.5 Å². The van der Waals surface area contributed by atoms with Crippen LogP contribution in [0.2, 0.25) is 0 Å². The zero-order valence-corrected chi connectivity index (χ0v) is 41.0. The van der Waals surface area contributed by atoms with Gasteiger partial charge >= 0.3 is 6.09 Å². The van der Waals surface area contributed by atoms with Crippen molar-refractivity contribution in [3.63, 3.8) is 0 Å². The SMILES string of the molecule is C[C@H](NC(=O)[C@H](C)NC(=O)[C@H](Cc1cnc[nH]1)NC(=O)OC(C)(C)C)C(=O)Nc1cccc(Cc2ccc([C@H]3C[C@]4(C(=O)CO)[C@@H](C[C@H]5[C@@H]6C[C@H](F)C7=CC(=O)C=C[C@]7(C)[C@@]6(F)[C@@H](O)C[C@@]54C)O3)cc2)c1. The molecule has 4 aliphatic carbocycles. The van der Waals surface area contributed by atoms with E-state index in [2.05, 4.69) is 31.2 Å². The molecule has 1 aliphatic heterocycles. The number of aliphatic hydroxyl groups excluding tert-OH is 2. The number of aromatic amines is 1. The minimum Gasteiger partial charge on any atom is -0.444 e. The molecule has 18 heteroatoms. The molecule has 0 spiro atoms. The number of aromatic nitrogens is 2. The quantitative estimate of drug-likeness (QED) is 0.108. The average molecular weight is 983 g/mol. The number of allylic oxidation sites excluding steroid dienone is 4. The summed E-state index contributed by atoms with van der Waals surface area (Å²) >= 11 is 0. The molecule has 380 valence electrons. The maximum Gasteiger partial charge on any atom is 0.408 e. The summed E-state index contributed by atoms with van der Waals surface area (Å²) < 4.78 is 45.9. The molecule has 5 aliphatic rings. The Morgan fingerprint density at radius 2 is 1.65 bits per heavy atom. The van der Waals surface area contributed by atoms with E-state index in [0.717, 1.165) is 22.8 Å². The van der Waals surface area contributed by atoms with Crippen LogP contribution >= 0.6 is 0 Å². The van der Waals surface area contributed by atoms with Crippen LogP contribution in [0, 0.1) is 28.1 Å². The molecule has 16 nitrogen and oxygen atoms in total. The number of nitrogens with zero attached hydrogens (tertiary/aromatic N) is 1. The first-order valence-corrected chi connectivity index (χ1v) is 24.2. The first-order valence-electron chi connectivity index (χ1n) is 24.2. The number of alkyl halides is 2. The first-order chi connectivity index (χ1) is 33.4. The number of ether oxygens (including phenoxy) is 2. The highest BCUT2D eigenvalue weighted by Crippen LogP contribution is 2.75. The summed E-state index contributed by atoms with van der Waals surface area (Å²) in [5.74, 6) is -4.19. The van der Waals surface area contributed by atoms with Gasteiger partial charge in [0.2, 0.25) is 17.7 Å². The van der Waals surface area contributed by atoms with Gasteiger partial charge in [0.15, 0.2) is 17.2 Å². The van der Waals surface area contributed by atoms with Crippen LogP contribution in [-0.4, -0.2) is 110 Å². The Morgan fingerprint density at radius 3 is 2.32 bits per heavy atom. The Morgan fingerprint density at radius 1 is 0.944 bits per heavy atom. The number of H-pyrrole nitrogens is 1. The molecule has 0 bridgehead atoms. The molecule has 2 heterocycles. The molecule has 4 amide bonds. The number of rotatable bonds is 14. The van der Waals surface area contributed by atoms with Crippen molar-refractivity contribution in [1.82, 2.24) is 25.9 Å². The Hall–Kier alpha value is -6.11. The number of hydrogen-bond acceptors (Lipinski definition) is 11. The zero-order chi connectivity index (χ0) is 51.4. The van der Waals surface area contributed by atoms with Gasteiger partial charge in [-0.15, -0.1) is 0 Å². The van der Waals surface area contributed by atoms with Crippen LogP contribution in [0.3, 0.4) is 0 Å². The molecule has 1 saturated heterocycles. The molecular formula is C53H64F2N6O10. The zero-order valence-electron chi connectivity index (χ0n) is 41.0. The van der Waals surface area contributed by atoms with E-state index < -0.39 is 124 Å². The van der Waals surface area contributed by atoms with Crippen molar-refractivity contribution in [3.05, 3.63) is 107 Å². The third-order valence-corrected chi connectivity index (χ3v) is 16.0. The van der Waals surface area contributed by atoms with E-state index in [1.807, 2.05) is 43.3 Å². The van der Waals surface area contributed by atoms with Crippen molar-refractivity contribution in [2.24, 2.45) is 28.1 Å². The van der Waals surface area contributed by atoms with Gasteiger partial charge in [0, 0.05) is 35.3 Å². The van der Waals surface area contributed by atoms with Crippen LogP contribution in [0.15, 0.2) is 84.9 Å². The summed E-state index contributed by atoms with van der Waals surface area (Å²) in [7, 11) is 0. The van der Waals surface area contributed by atoms with Crippen LogP contribution in [0.25, 0.3) is 0 Å². The second-order valence-corrected chi connectivity index (χ2v) is 21.5. The molecule has 7 N–H and O–H groups in total. The minimum absolute atomic E-state index is 0.0279. The number of fused-ring (bicyclic) bond motifs is 7. The van der Waals surface area contributed by atoms with Gasteiger partial charge in [-0.05, 0) is 132 Å². The van der Waals surface area contributed by atoms with Crippen molar-refractivity contribution in [2.75, 3.05) is 11.9 Å². The number of carbonyl (C=O) groups is 6. The number of halogens is 2. The van der Waals surface area contributed by atoms with Crippen molar-refractivity contribution in [1.29, 1.82) is 0 Å². The maximum absolute atomic E-state index is 17.8. The van der Waals surface area contributed by atoms with Gasteiger partial charge in [-0.1, -0.05) is 49.4 Å². The normalized spacial score (nSPS) is 31.9. The topological polar surface area (TPSA) is 238 Å². The van der Waals surface area contributed by atoms with Crippen molar-refractivity contribution >= 4 is 41.1 Å². The Balaban J connectivity index is 0.880. The van der Waals surface area contributed by atoms with Gasteiger partial charge in [-0.2, -0.15) is 0 Å². The number of aliphatic hydroxyl groups is 2. The number of carbonyl (C=O) groups excluding carboxylic acids is 6. The Bertz CT molecular complexity index is 2640. The molecular weight excluding hydrogens is 919 g/mol. The number of anilines is 1. The lowest BCUT2D eigenvalue weighted by Gasteiger charge is -2.63. The van der Waals surface area contributed by atoms with Crippen LogP contribution in [0.5, 0.6) is 0 Å². The Kier molecular flexibility index (Phi) is 13.8. The highest BCUT2D eigenvalue weighted by Gasteiger charge is 2.79. The van der Waals surface area contributed by atoms with E-state index in [1.54, 1.807) is 39.8 Å². The van der Waals surface area contributed by atoms with Gasteiger partial charge in [0.05, 0.1) is 30.1 Å². The monoisotopic (exact) mass is 982 g/mol. The van der Waals surface area contributed by atoms with E-state index in [0.29, 0.717) is 17.8 Å². The van der Waals surface area contributed by atoms with Crippen LogP contribution in [0.4, 0.5) is 19.3 Å². The standard InChI is InChI=1S/C53H64F2N6O10/c1-28(59-47(68)40(19-34-25-56-27-57-34)61-48(69)71-49(3,4)5)45(66)58-29(2)46(67)60-33-10-8-9-31(18-33)17-30-11-13-32(14-12-30)41-23-52(43(65)26-62)44(70-41)22-36-37-21-39(54)38-20-35(63)15-16-50(38,6)53(37,55)42(64)24-51(36,52)7/h8-16,18,20,25,27-29,36-37,39-42,44,62,64H,17,19,21-24,26H2,1-7H3,(H,56,57)(H,58,66)(H,59,68)(H,60,67)(H,61,69)/t28-,29-,36-,37-,39-,40-,41+,42-,44+,50-,51-,52-,53-/m0/s1. The first kappa shape index (κ1) is 51.3. The second-order valence-electron chi connectivity index (χ2n) is 21.5. The van der Waals surface area contributed by atoms with Gasteiger partial charge in [-0.25, -0.2) is 18.6 Å². The number of nitrogens with one attached hydrogen (secondary N) is 5. The lowest BCUT2D eigenvalue weighted by Crippen LogP contribution is -2.69. The van der Waals surface area contributed by atoms with Gasteiger partial charge in [-0.3, -0.25) is 24.0 Å². The highest BCUT2D eigenvalue weighted by atomic mass is 19.1. The fourth-order valence-electron chi connectivity index (χ4n) is 12.5. The molecule has 0 radical (unpaired) electrons. The number of Topliss-reactive ketones (excluding diaryl/α,β-unsaturated/α-hetero) is 1. The average Bonchev–Trinajstić information content (AvgIpc) is 4.03. The summed E-state index contributed by atoms with van der Waals surface area (Å²) in [5, 5.41) is 32.9. The lowest BCUT2D eigenvalue weighted by atomic mass is 9.42. The summed E-state index contributed by atoms with van der Waals surface area (Å²) in [5.41, 5.74) is -3.30. The third-order valence-electron chi connectivity index (χ3n) is 16.0. The predicted octanol–water partition coefficient (Wildman–Crippen LogP) is 5.39. The minimum atomic E-state index is -2.30. The van der Waals surface area contributed by atoms with Crippen LogP contribution in [0.1, 0.15) is 103 Å². The van der Waals surface area contributed by atoms with Gasteiger partial charge in [0.1, 0.15) is 36.5 Å². The van der Waals surface area contributed by atoms with Gasteiger partial charge < -0.3 is 45.9 Å². The van der Waals surface area contributed by atoms with E-state index >= 15 is 8.78 Å². The van der Waals surface area contributed by atoms with E-state index in [4.69, 9.17) is 9.47 Å². The number of alkyl carbamates (subject to hydrolysis) is 1. The summed E-state index contributed by atoms with van der Waals surface area (Å²) in [4.78, 5) is 85.5. The van der Waals surface area contributed by atoms with Gasteiger partial charge in [0.25, 0.3) is 0 Å². The summed E-state index contributed by atoms with van der Waals surface area (Å²) in [6.07, 6.45) is 2.03. The van der Waals surface area contributed by atoms with Crippen molar-refractivity contribution in [3.8, 4) is 0 Å². The fraction of sp³-hybridized carbons (Fsp3) is 0.528. The number of ketones is 2. The second kappa shape index (κ2) is 19.1. The summed E-state index contributed by atoms with van der Waals surface area (Å²) in [6, 6.07) is 11.7. The largest absolute Gasteiger partial charge is 0.444 e. The maximum atomic E-state index is 17.8. The molecule has 71 heavy (non-hydrogen) atoms. The van der Waals surface area contributed by atoms with Crippen molar-refractivity contribution in [2.45, 2.75) is 141 Å². The van der Waals surface area contributed by atoms with E-state index in [-0.39, 0.29) is 37.7 Å². The molecule has 3 aromatic rings. The predicted molar refractivity (Wildman–Crippen MR) is 256 cm³/mol. The van der Waals surface area contributed by atoms with E-state index in [9.17, 15) is 39.0 Å². The summed E-state index contributed by atoms with van der Waals surface area (Å²) in [6.45, 7) is 10.7. The molecule has 1 aromatic heterocycles. The molecule has 0 unspecified atom stereocenters. The smallest absolute Gasteiger partial charge is 0.408 e. The third kappa shape index (κ3) is 9.34. The Labute approximate surface area is 411 Å². The van der Waals surface area contributed by atoms with Crippen LogP contribution < -0.4 is 21.3 Å². The number of benzene rings is 2. The highest BCUT2D eigenvalue weighted by molar-refractivity contribution is 6.01. The molecule has 4 fully saturated rings. The number of hydrogen-bond donors (Lipinski definition) is 7. The molecule has 3 saturated carbocycles. The molecule has 2 aromatic carbocycles. The fourth-order valence-corrected chi connectivity index (χ4v) is 12.5. The molecule has 8 rings (SSSR count). The van der Waals surface area contributed by atoms with Crippen molar-refractivity contribution < 1.29 is 57.2 Å². The molecule has 13 atom stereocenters. The number of amides is 4. The number of imidazole rings is 1.